The van der Waals surface area contributed by atoms with Crippen LogP contribution in [-0.4, -0.2) is 37.3 Å². The van der Waals surface area contributed by atoms with Crippen LogP contribution in [0.5, 0.6) is 0 Å². The number of hydrogen-bond acceptors (Lipinski definition) is 3. The smallest absolute Gasteiger partial charge is 0.0982 e. The predicted octanol–water partition coefficient (Wildman–Crippen LogP) is -0.0336. The van der Waals surface area contributed by atoms with Crippen LogP contribution in [-0.2, 0) is 0 Å². The Balaban J connectivity index is 2.38. The van der Waals surface area contributed by atoms with Crippen molar-refractivity contribution in [2.24, 2.45) is 15.0 Å². The van der Waals surface area contributed by atoms with Crippen LogP contribution in [0.1, 0.15) is 0 Å². The Morgan fingerprint density at radius 1 is 1.22 bits per heavy atom. The Hall–Kier alpha value is -0.990. The third-order valence-electron chi connectivity index (χ3n) is 1.44. The lowest BCUT2D eigenvalue weighted by Gasteiger charge is -2.02. The molecule has 0 aliphatic carbocycles. The molecule has 0 aromatic carbocycles. The van der Waals surface area contributed by atoms with Crippen LogP contribution in [0.4, 0.5) is 0 Å². The molecule has 0 spiro atoms. The van der Waals surface area contributed by atoms with Crippen LogP contribution in [0.2, 0.25) is 0 Å². The van der Waals surface area contributed by atoms with Gasteiger partial charge in [0.15, 0.2) is 0 Å². The van der Waals surface area contributed by atoms with Gasteiger partial charge in [-0.05, 0) is 0 Å². The van der Waals surface area contributed by atoms with Crippen molar-refractivity contribution in [3.8, 4) is 0 Å². The van der Waals surface area contributed by atoms with Crippen molar-refractivity contribution in [3.63, 3.8) is 0 Å². The molecule has 0 saturated heterocycles. The van der Waals surface area contributed by atoms with Crippen LogP contribution in [0.3, 0.4) is 0 Å². The van der Waals surface area contributed by atoms with Gasteiger partial charge in [-0.3, -0.25) is 15.0 Å². The van der Waals surface area contributed by atoms with Crippen molar-refractivity contribution in [3.05, 3.63) is 0 Å². The zero-order valence-electron chi connectivity index (χ0n) is 5.04. The molecule has 2 aliphatic heterocycles. The Morgan fingerprint density at radius 2 is 2.11 bits per heavy atom. The molecule has 3 nitrogen and oxygen atoms in total. The Kier molecular flexibility index (Phi) is 0.946. The van der Waals surface area contributed by atoms with Crippen molar-refractivity contribution < 1.29 is 0 Å². The quantitative estimate of drug-likeness (QED) is 0.431. The molecule has 2 rings (SSSR count). The minimum absolute atomic E-state index is 0.749. The van der Waals surface area contributed by atoms with E-state index in [9.17, 15) is 0 Å². The number of rotatable bonds is 0. The molecule has 0 aromatic heterocycles. The van der Waals surface area contributed by atoms with E-state index >= 15 is 0 Å². The van der Waals surface area contributed by atoms with Gasteiger partial charge in [0, 0.05) is 6.21 Å². The minimum atomic E-state index is 0.749. The lowest BCUT2D eigenvalue weighted by atomic mass is 10.2. The lowest BCUT2D eigenvalue weighted by Crippen LogP contribution is -2.18. The van der Waals surface area contributed by atoms with Gasteiger partial charge in [0.25, 0.3) is 0 Å². The van der Waals surface area contributed by atoms with Gasteiger partial charge in [-0.15, -0.1) is 0 Å². The molecule has 0 aromatic rings. The summed E-state index contributed by atoms with van der Waals surface area (Å²) in [5.74, 6) is 0. The average Bonchev–Trinajstić information content (AvgIpc) is 2.33. The van der Waals surface area contributed by atoms with E-state index in [1.165, 1.54) is 0 Å². The second-order valence-corrected chi connectivity index (χ2v) is 2.07. The molecule has 9 heavy (non-hydrogen) atoms. The zero-order chi connectivity index (χ0) is 6.10. The normalized spacial score (nSPS) is 23.1. The molecular weight excluding hydrogens is 114 g/mol. The van der Waals surface area contributed by atoms with Crippen molar-refractivity contribution in [2.45, 2.75) is 0 Å². The van der Waals surface area contributed by atoms with E-state index in [1.54, 1.807) is 6.21 Å². The highest BCUT2D eigenvalue weighted by molar-refractivity contribution is 6.65. The van der Waals surface area contributed by atoms with E-state index < -0.39 is 0 Å². The van der Waals surface area contributed by atoms with E-state index in [1.807, 2.05) is 0 Å². The first-order chi connectivity index (χ1) is 4.47. The highest BCUT2D eigenvalue weighted by Crippen LogP contribution is 1.98. The monoisotopic (exact) mass is 121 g/mol. The van der Waals surface area contributed by atoms with Gasteiger partial charge in [0.05, 0.1) is 31.1 Å². The SMILES string of the molecule is C1=NCC2=NCCN=C12. The first-order valence-electron chi connectivity index (χ1n) is 3.05. The molecule has 0 radical (unpaired) electrons. The fraction of sp³-hybridized carbons (Fsp3) is 0.500. The number of aliphatic imine (C=N–C) groups is 3. The van der Waals surface area contributed by atoms with Gasteiger partial charge in [-0.1, -0.05) is 0 Å². The number of nitrogens with zero attached hydrogens (tertiary/aromatic N) is 3. The molecule has 0 amide bonds. The fourth-order valence-electron chi connectivity index (χ4n) is 0.993. The first-order valence-corrected chi connectivity index (χ1v) is 3.05. The van der Waals surface area contributed by atoms with Gasteiger partial charge in [-0.25, -0.2) is 0 Å². The number of hydrogen-bond donors (Lipinski definition) is 0. The van der Waals surface area contributed by atoms with E-state index in [0.717, 1.165) is 31.1 Å². The van der Waals surface area contributed by atoms with Gasteiger partial charge in [0.2, 0.25) is 0 Å². The van der Waals surface area contributed by atoms with Gasteiger partial charge >= 0.3 is 0 Å². The maximum absolute atomic E-state index is 4.25. The topological polar surface area (TPSA) is 37.1 Å². The largest absolute Gasteiger partial charge is 0.284 e. The highest BCUT2D eigenvalue weighted by Gasteiger charge is 2.13. The number of fused-ring (bicyclic) bond motifs is 1. The molecule has 3 heteroatoms. The molecule has 0 N–H and O–H groups in total. The Bertz CT molecular complexity index is 212. The summed E-state index contributed by atoms with van der Waals surface area (Å²) in [5.41, 5.74) is 2.07. The molecular formula is C6H7N3. The zero-order valence-corrected chi connectivity index (χ0v) is 5.04. The lowest BCUT2D eigenvalue weighted by molar-refractivity contribution is 0.964. The van der Waals surface area contributed by atoms with Crippen molar-refractivity contribution in [2.75, 3.05) is 19.6 Å². The second-order valence-electron chi connectivity index (χ2n) is 2.07. The van der Waals surface area contributed by atoms with Crippen LogP contribution in [0.15, 0.2) is 15.0 Å². The summed E-state index contributed by atoms with van der Waals surface area (Å²) in [5, 5.41) is 0. The van der Waals surface area contributed by atoms with E-state index in [0.29, 0.717) is 0 Å². The summed E-state index contributed by atoms with van der Waals surface area (Å²) in [6.45, 7) is 2.44. The van der Waals surface area contributed by atoms with Crippen LogP contribution >= 0.6 is 0 Å². The summed E-state index contributed by atoms with van der Waals surface area (Å²) in [4.78, 5) is 12.5. The van der Waals surface area contributed by atoms with Crippen LogP contribution in [0, 0.1) is 0 Å². The van der Waals surface area contributed by atoms with Crippen LogP contribution < -0.4 is 0 Å². The fourth-order valence-corrected chi connectivity index (χ4v) is 0.993. The van der Waals surface area contributed by atoms with Crippen molar-refractivity contribution in [1.29, 1.82) is 0 Å². The average molecular weight is 121 g/mol. The summed E-state index contributed by atoms with van der Waals surface area (Å²) in [6, 6.07) is 0. The summed E-state index contributed by atoms with van der Waals surface area (Å²) in [7, 11) is 0. The molecule has 0 bridgehead atoms. The third-order valence-corrected chi connectivity index (χ3v) is 1.44. The van der Waals surface area contributed by atoms with Gasteiger partial charge < -0.3 is 0 Å². The van der Waals surface area contributed by atoms with E-state index in [-0.39, 0.29) is 0 Å². The standard InChI is InChI=1S/C6H7N3/c1-2-9-6-4-7-3-5(6)8-1/h3H,1-2,4H2. The van der Waals surface area contributed by atoms with E-state index in [4.69, 9.17) is 0 Å². The maximum atomic E-state index is 4.25. The van der Waals surface area contributed by atoms with Gasteiger partial charge in [0.1, 0.15) is 0 Å². The highest BCUT2D eigenvalue weighted by atomic mass is 14.9. The molecule has 2 aliphatic rings. The third kappa shape index (κ3) is 0.686. The molecule has 0 fully saturated rings. The first kappa shape index (κ1) is 4.85. The molecule has 0 saturated carbocycles. The minimum Gasteiger partial charge on any atom is -0.284 e. The van der Waals surface area contributed by atoms with Crippen LogP contribution in [0.25, 0.3) is 0 Å². The van der Waals surface area contributed by atoms with E-state index in [2.05, 4.69) is 15.0 Å². The summed E-state index contributed by atoms with van der Waals surface area (Å²) >= 11 is 0. The van der Waals surface area contributed by atoms with Crippen molar-refractivity contribution >= 4 is 17.6 Å². The Morgan fingerprint density at radius 3 is 3.00 bits per heavy atom. The van der Waals surface area contributed by atoms with Gasteiger partial charge in [-0.2, -0.15) is 0 Å². The maximum Gasteiger partial charge on any atom is 0.0982 e. The summed E-state index contributed by atoms with van der Waals surface area (Å²) < 4.78 is 0. The molecule has 0 atom stereocenters. The van der Waals surface area contributed by atoms with Crippen molar-refractivity contribution in [1.82, 2.24) is 0 Å². The molecule has 0 unspecified atom stereocenters. The summed E-state index contributed by atoms with van der Waals surface area (Å²) in [6.07, 6.45) is 1.80. The predicted molar refractivity (Wildman–Crippen MR) is 38.0 cm³/mol. The molecule has 2 heterocycles. The Labute approximate surface area is 53.2 Å². The second kappa shape index (κ2) is 1.76. The molecule has 46 valence electrons.